The van der Waals surface area contributed by atoms with Gasteiger partial charge in [-0.2, -0.15) is 0 Å². The minimum atomic E-state index is -1.19. The number of carboxylic acids is 1. The van der Waals surface area contributed by atoms with Crippen LogP contribution in [0.25, 0.3) is 0 Å². The average Bonchev–Trinajstić information content (AvgIpc) is 3.26. The van der Waals surface area contributed by atoms with Gasteiger partial charge in [0.25, 0.3) is 0 Å². The second kappa shape index (κ2) is 6.70. The Bertz CT molecular complexity index is 687. The van der Waals surface area contributed by atoms with Gasteiger partial charge >= 0.3 is 5.97 Å². The molecule has 0 spiro atoms. The monoisotopic (exact) mass is 346 g/mol. The molecule has 0 aliphatic carbocycles. The molecule has 2 fully saturated rings. The lowest BCUT2D eigenvalue weighted by Crippen LogP contribution is -2.42. The van der Waals surface area contributed by atoms with Crippen molar-refractivity contribution in [3.63, 3.8) is 0 Å². The fourth-order valence-electron chi connectivity index (χ4n) is 3.80. The molecule has 0 radical (unpaired) electrons. The van der Waals surface area contributed by atoms with Crippen LogP contribution < -0.4 is 0 Å². The predicted octanol–water partition coefficient (Wildman–Crippen LogP) is 0.221. The number of carbonyl (C=O) groups excluding carboxylic acids is 2. The molecule has 134 valence electrons. The molecule has 1 aromatic rings. The van der Waals surface area contributed by atoms with E-state index in [0.717, 1.165) is 0 Å². The molecule has 2 saturated heterocycles. The minimum Gasteiger partial charge on any atom is -0.481 e. The van der Waals surface area contributed by atoms with Gasteiger partial charge in [0.15, 0.2) is 0 Å². The lowest BCUT2D eigenvalue weighted by Gasteiger charge is -2.24. The molecule has 3 rings (SSSR count). The van der Waals surface area contributed by atoms with Crippen LogP contribution in [0.1, 0.15) is 12.8 Å². The lowest BCUT2D eigenvalue weighted by molar-refractivity contribution is -0.150. The van der Waals surface area contributed by atoms with Crippen molar-refractivity contribution in [2.24, 2.45) is 11.3 Å². The zero-order chi connectivity index (χ0) is 18.0. The van der Waals surface area contributed by atoms with Crippen molar-refractivity contribution in [2.75, 3.05) is 26.2 Å². The summed E-state index contributed by atoms with van der Waals surface area (Å²) in [5.74, 6) is -1.97. The van der Waals surface area contributed by atoms with Crippen LogP contribution in [0.3, 0.4) is 0 Å². The van der Waals surface area contributed by atoms with E-state index < -0.39 is 17.3 Å². The number of rotatable bonds is 7. The molecule has 0 saturated carbocycles. The second-order valence-corrected chi connectivity index (χ2v) is 6.70. The third kappa shape index (κ3) is 3.04. The second-order valence-electron chi connectivity index (χ2n) is 6.70. The third-order valence-corrected chi connectivity index (χ3v) is 5.12. The number of imidazole rings is 1. The number of carbonyl (C=O) groups is 3. The minimum absolute atomic E-state index is 0.0935. The maximum atomic E-state index is 12.5. The molecule has 0 unspecified atom stereocenters. The Labute approximate surface area is 145 Å². The van der Waals surface area contributed by atoms with Gasteiger partial charge in [-0.3, -0.25) is 14.4 Å². The van der Waals surface area contributed by atoms with E-state index in [2.05, 4.69) is 11.6 Å². The van der Waals surface area contributed by atoms with Crippen molar-refractivity contribution in [2.45, 2.75) is 19.4 Å². The van der Waals surface area contributed by atoms with Crippen LogP contribution in [0.15, 0.2) is 31.4 Å². The molecule has 1 N–H and O–H groups in total. The van der Waals surface area contributed by atoms with E-state index in [-0.39, 0.29) is 31.4 Å². The first-order valence-electron chi connectivity index (χ1n) is 8.34. The molecule has 1 aromatic heterocycles. The summed E-state index contributed by atoms with van der Waals surface area (Å²) < 4.78 is 1.89. The molecule has 0 bridgehead atoms. The smallest absolute Gasteiger partial charge is 0.314 e. The van der Waals surface area contributed by atoms with Gasteiger partial charge in [-0.15, -0.1) is 6.58 Å². The van der Waals surface area contributed by atoms with Gasteiger partial charge in [-0.25, -0.2) is 4.98 Å². The summed E-state index contributed by atoms with van der Waals surface area (Å²) in [4.78, 5) is 43.8. The summed E-state index contributed by atoms with van der Waals surface area (Å²) in [6.45, 7) is 5.03. The quantitative estimate of drug-likeness (QED) is 0.713. The highest BCUT2D eigenvalue weighted by Gasteiger charge is 2.62. The molecular formula is C17H22N4O4. The number of aliphatic carboxylic acids is 1. The Balaban J connectivity index is 1.62. The maximum absolute atomic E-state index is 12.5. The Kier molecular flexibility index (Phi) is 4.61. The third-order valence-electron chi connectivity index (χ3n) is 5.12. The van der Waals surface area contributed by atoms with Crippen molar-refractivity contribution < 1.29 is 19.5 Å². The molecule has 2 aliphatic rings. The number of fused-ring (bicyclic) bond motifs is 1. The van der Waals surface area contributed by atoms with Gasteiger partial charge in [0.1, 0.15) is 5.41 Å². The van der Waals surface area contributed by atoms with E-state index in [1.807, 2.05) is 10.8 Å². The molecule has 2 atom stereocenters. The van der Waals surface area contributed by atoms with Gasteiger partial charge in [-0.1, -0.05) is 6.08 Å². The number of hydrogen-bond acceptors (Lipinski definition) is 4. The van der Waals surface area contributed by atoms with E-state index in [9.17, 15) is 19.5 Å². The zero-order valence-corrected chi connectivity index (χ0v) is 14.0. The first-order valence-corrected chi connectivity index (χ1v) is 8.34. The molecule has 0 aromatic carbocycles. The van der Waals surface area contributed by atoms with Crippen molar-refractivity contribution in [1.82, 2.24) is 19.4 Å². The standard InChI is InChI=1S/C17H22N4O4/c1-2-6-20-10-17(16(24)25)11-21(9-13(17)15(20)23)14(22)4-3-7-19-8-5-18-12-19/h2,5,8,12-13H,1,3-4,6-7,9-11H2,(H,24,25)/t13-,17+/m1/s1. The van der Waals surface area contributed by atoms with Crippen LogP contribution in [-0.4, -0.2) is 68.4 Å². The van der Waals surface area contributed by atoms with E-state index in [0.29, 0.717) is 25.9 Å². The summed E-state index contributed by atoms with van der Waals surface area (Å²) in [5.41, 5.74) is -1.19. The Morgan fingerprint density at radius 3 is 2.84 bits per heavy atom. The summed E-state index contributed by atoms with van der Waals surface area (Å²) >= 11 is 0. The fourth-order valence-corrected chi connectivity index (χ4v) is 3.80. The number of carboxylic acid groups (broad SMARTS) is 1. The lowest BCUT2D eigenvalue weighted by atomic mass is 9.81. The van der Waals surface area contributed by atoms with Gasteiger partial charge in [0, 0.05) is 51.5 Å². The average molecular weight is 346 g/mol. The molecule has 8 nitrogen and oxygen atoms in total. The largest absolute Gasteiger partial charge is 0.481 e. The van der Waals surface area contributed by atoms with Crippen molar-refractivity contribution in [3.05, 3.63) is 31.4 Å². The number of likely N-dealkylation sites (tertiary alicyclic amines) is 2. The predicted molar refractivity (Wildman–Crippen MR) is 88.4 cm³/mol. The number of hydrogen-bond donors (Lipinski definition) is 1. The topological polar surface area (TPSA) is 95.7 Å². The molecule has 8 heteroatoms. The number of nitrogens with zero attached hydrogens (tertiary/aromatic N) is 4. The van der Waals surface area contributed by atoms with Crippen LogP contribution in [0.2, 0.25) is 0 Å². The summed E-state index contributed by atoms with van der Waals surface area (Å²) in [6, 6.07) is 0. The Hall–Kier alpha value is -2.64. The van der Waals surface area contributed by atoms with Gasteiger partial charge < -0.3 is 19.5 Å². The maximum Gasteiger partial charge on any atom is 0.314 e. The number of amides is 2. The molecule has 2 aliphatic heterocycles. The van der Waals surface area contributed by atoms with Gasteiger partial charge in [-0.05, 0) is 6.42 Å². The fraction of sp³-hybridized carbons (Fsp3) is 0.529. The van der Waals surface area contributed by atoms with Crippen LogP contribution >= 0.6 is 0 Å². The summed E-state index contributed by atoms with van der Waals surface area (Å²) in [5, 5.41) is 9.73. The van der Waals surface area contributed by atoms with Crippen LogP contribution in [0.4, 0.5) is 0 Å². The highest BCUT2D eigenvalue weighted by atomic mass is 16.4. The van der Waals surface area contributed by atoms with E-state index in [1.165, 1.54) is 9.80 Å². The van der Waals surface area contributed by atoms with Crippen LogP contribution in [-0.2, 0) is 20.9 Å². The molecular weight excluding hydrogens is 324 g/mol. The van der Waals surface area contributed by atoms with Crippen molar-refractivity contribution in [3.8, 4) is 0 Å². The van der Waals surface area contributed by atoms with Crippen LogP contribution in [0, 0.1) is 11.3 Å². The highest BCUT2D eigenvalue weighted by molar-refractivity contribution is 5.94. The van der Waals surface area contributed by atoms with E-state index in [4.69, 9.17) is 0 Å². The van der Waals surface area contributed by atoms with Crippen molar-refractivity contribution >= 4 is 17.8 Å². The van der Waals surface area contributed by atoms with Gasteiger partial charge in [0.05, 0.1) is 12.2 Å². The summed E-state index contributed by atoms with van der Waals surface area (Å²) in [7, 11) is 0. The van der Waals surface area contributed by atoms with E-state index >= 15 is 0 Å². The number of aryl methyl sites for hydroxylation is 1. The molecule has 2 amide bonds. The zero-order valence-electron chi connectivity index (χ0n) is 14.0. The summed E-state index contributed by atoms with van der Waals surface area (Å²) in [6.07, 6.45) is 7.76. The first-order chi connectivity index (χ1) is 12.0. The molecule has 25 heavy (non-hydrogen) atoms. The first kappa shape index (κ1) is 17.2. The molecule has 3 heterocycles. The van der Waals surface area contributed by atoms with E-state index in [1.54, 1.807) is 18.6 Å². The number of aromatic nitrogens is 2. The highest BCUT2D eigenvalue weighted by Crippen LogP contribution is 2.43. The van der Waals surface area contributed by atoms with Crippen molar-refractivity contribution in [1.29, 1.82) is 0 Å². The van der Waals surface area contributed by atoms with Crippen LogP contribution in [0.5, 0.6) is 0 Å². The SMILES string of the molecule is C=CCN1C[C@]2(C(=O)O)CN(C(=O)CCCn3ccnc3)C[C@@H]2C1=O. The normalized spacial score (nSPS) is 25.3. The Morgan fingerprint density at radius 1 is 1.44 bits per heavy atom. The van der Waals surface area contributed by atoms with Gasteiger partial charge in [0.2, 0.25) is 11.8 Å². The Morgan fingerprint density at radius 2 is 2.24 bits per heavy atom.